The summed E-state index contributed by atoms with van der Waals surface area (Å²) < 4.78 is 1.30. The molecule has 1 N–H and O–H groups in total. The number of Topliss-reactive ketones (excluding diaryl/α,β-unsaturated/α-hetero) is 1. The zero-order chi connectivity index (χ0) is 16.8. The van der Waals surface area contributed by atoms with Crippen LogP contribution in [0.3, 0.4) is 0 Å². The molecule has 0 bridgehead atoms. The minimum absolute atomic E-state index is 0.190. The normalized spacial score (nSPS) is 8.14. The number of ketones is 1. The molecule has 0 saturated carbocycles. The number of carbonyl (C=O) groups excluding carboxylic acids is 1. The van der Waals surface area contributed by atoms with Crippen molar-refractivity contribution in [1.82, 2.24) is 9.78 Å². The van der Waals surface area contributed by atoms with Crippen LogP contribution < -0.4 is 5.56 Å². The molecule has 0 amide bonds. The Morgan fingerprint density at radius 2 is 1.29 bits per heavy atom. The topological polar surface area (TPSA) is 54.9 Å². The molecule has 1 aromatic heterocycles. The lowest BCUT2D eigenvalue weighted by molar-refractivity contribution is 0.101. The summed E-state index contributed by atoms with van der Waals surface area (Å²) in [5, 5.41) is 2.74. The van der Waals surface area contributed by atoms with E-state index in [4.69, 9.17) is 0 Å². The Kier molecular flexibility index (Phi) is 13.0. The van der Waals surface area contributed by atoms with Crippen LogP contribution in [0.25, 0.3) is 0 Å². The van der Waals surface area contributed by atoms with E-state index in [1.54, 1.807) is 14.0 Å². The summed E-state index contributed by atoms with van der Waals surface area (Å²) in [4.78, 5) is 22.0. The molecule has 0 spiro atoms. The average molecular weight is 292 g/mol. The van der Waals surface area contributed by atoms with Gasteiger partial charge in [0.1, 0.15) is 5.56 Å². The quantitative estimate of drug-likeness (QED) is 0.809. The number of nitrogens with one attached hydrogen (secondary N) is 1. The molecule has 1 heterocycles. The fraction of sp³-hybridized carbons (Fsp3) is 0.412. The van der Waals surface area contributed by atoms with Crippen molar-refractivity contribution in [1.29, 1.82) is 0 Å². The first-order valence-electron chi connectivity index (χ1n) is 7.30. The van der Waals surface area contributed by atoms with E-state index in [-0.39, 0.29) is 16.9 Å². The van der Waals surface area contributed by atoms with Crippen LogP contribution in [-0.2, 0) is 7.05 Å². The Balaban J connectivity index is 0. The number of benzene rings is 1. The van der Waals surface area contributed by atoms with Gasteiger partial charge < -0.3 is 0 Å². The number of aryl methyl sites for hydroxylation is 2. The maximum atomic E-state index is 11.1. The van der Waals surface area contributed by atoms with Crippen LogP contribution in [0.2, 0.25) is 0 Å². The number of carbonyl (C=O) groups is 1. The summed E-state index contributed by atoms with van der Waals surface area (Å²) in [7, 11) is 1.59. The summed E-state index contributed by atoms with van der Waals surface area (Å²) in [6.45, 7) is 11.1. The lowest BCUT2D eigenvalue weighted by Crippen LogP contribution is -2.17. The highest BCUT2D eigenvalue weighted by Gasteiger charge is 2.12. The number of nitrogens with zero attached hydrogens (tertiary/aromatic N) is 1. The van der Waals surface area contributed by atoms with Crippen LogP contribution in [-0.4, -0.2) is 15.6 Å². The highest BCUT2D eigenvalue weighted by molar-refractivity contribution is 5.94. The Hall–Kier alpha value is -2.10. The third-order valence-electron chi connectivity index (χ3n) is 2.25. The Labute approximate surface area is 127 Å². The summed E-state index contributed by atoms with van der Waals surface area (Å²) >= 11 is 0. The van der Waals surface area contributed by atoms with E-state index in [1.165, 1.54) is 11.6 Å². The molecule has 0 radical (unpaired) electrons. The monoisotopic (exact) mass is 292 g/mol. The van der Waals surface area contributed by atoms with Crippen molar-refractivity contribution in [3.63, 3.8) is 0 Å². The fourth-order valence-corrected chi connectivity index (χ4v) is 1.49. The molecule has 21 heavy (non-hydrogen) atoms. The van der Waals surface area contributed by atoms with Gasteiger partial charge in [0.15, 0.2) is 5.78 Å². The molecule has 0 aliphatic heterocycles. The molecule has 2 rings (SSSR count). The van der Waals surface area contributed by atoms with Gasteiger partial charge in [0.2, 0.25) is 0 Å². The van der Waals surface area contributed by atoms with E-state index >= 15 is 0 Å². The molecular formula is C17H28N2O2. The number of aromatic amines is 1. The first-order chi connectivity index (χ1) is 10.0. The van der Waals surface area contributed by atoms with Crippen LogP contribution in [0.1, 0.15) is 50.7 Å². The van der Waals surface area contributed by atoms with Gasteiger partial charge in [0, 0.05) is 12.7 Å². The van der Waals surface area contributed by atoms with Crippen molar-refractivity contribution in [2.75, 3.05) is 0 Å². The molecule has 4 heteroatoms. The lowest BCUT2D eigenvalue weighted by atomic mass is 10.2. The van der Waals surface area contributed by atoms with Crippen molar-refractivity contribution in [2.24, 2.45) is 7.05 Å². The molecule has 4 nitrogen and oxygen atoms in total. The van der Waals surface area contributed by atoms with E-state index in [0.717, 1.165) is 0 Å². The molecule has 0 fully saturated rings. The van der Waals surface area contributed by atoms with Crippen molar-refractivity contribution < 1.29 is 4.79 Å². The molecule has 0 aliphatic carbocycles. The number of aromatic nitrogens is 2. The van der Waals surface area contributed by atoms with Gasteiger partial charge in [-0.15, -0.1) is 0 Å². The molecule has 2 aromatic rings. The van der Waals surface area contributed by atoms with Crippen molar-refractivity contribution in [3.8, 4) is 0 Å². The first-order valence-corrected chi connectivity index (χ1v) is 7.30. The Bertz CT molecular complexity index is 513. The number of hydrogen-bond acceptors (Lipinski definition) is 2. The summed E-state index contributed by atoms with van der Waals surface area (Å²) in [6.07, 6.45) is 0. The molecule has 118 valence electrons. The molecule has 1 aromatic carbocycles. The molecule has 0 saturated heterocycles. The highest BCUT2D eigenvalue weighted by Crippen LogP contribution is 1.98. The third-order valence-corrected chi connectivity index (χ3v) is 2.25. The molecule has 0 aliphatic rings. The predicted octanol–water partition coefficient (Wildman–Crippen LogP) is 3.96. The SMILES string of the molecule is CC.CC.CC(=O)c1c(C)[nH]n(C)c1=O.c1ccccc1. The third kappa shape index (κ3) is 7.92. The van der Waals surface area contributed by atoms with Crippen LogP contribution >= 0.6 is 0 Å². The van der Waals surface area contributed by atoms with Gasteiger partial charge in [-0.2, -0.15) is 0 Å². The zero-order valence-electron chi connectivity index (χ0n) is 14.2. The van der Waals surface area contributed by atoms with E-state index < -0.39 is 0 Å². The summed E-state index contributed by atoms with van der Waals surface area (Å²) in [5.41, 5.74) is 0.632. The Morgan fingerprint density at radius 1 is 0.952 bits per heavy atom. The minimum atomic E-state index is -0.255. The van der Waals surface area contributed by atoms with Gasteiger partial charge >= 0.3 is 0 Å². The van der Waals surface area contributed by atoms with Gasteiger partial charge in [-0.3, -0.25) is 19.4 Å². The fourth-order valence-electron chi connectivity index (χ4n) is 1.49. The van der Waals surface area contributed by atoms with E-state index in [2.05, 4.69) is 5.10 Å². The van der Waals surface area contributed by atoms with E-state index in [1.807, 2.05) is 64.1 Å². The second-order valence-electron chi connectivity index (χ2n) is 3.69. The van der Waals surface area contributed by atoms with Gasteiger partial charge in [-0.25, -0.2) is 0 Å². The van der Waals surface area contributed by atoms with E-state index in [9.17, 15) is 9.59 Å². The van der Waals surface area contributed by atoms with Gasteiger partial charge in [-0.1, -0.05) is 64.1 Å². The first kappa shape index (κ1) is 21.2. The van der Waals surface area contributed by atoms with Crippen LogP contribution in [0.4, 0.5) is 0 Å². The lowest BCUT2D eigenvalue weighted by Gasteiger charge is -1.85. The molecule has 0 unspecified atom stereocenters. The molecule has 0 atom stereocenters. The standard InChI is InChI=1S/C7H10N2O2.C6H6.2C2H6/c1-4-6(5(2)10)7(11)9(3)8-4;1-2-4-6-5-3-1;2*1-2/h8H,1-3H3;1-6H;2*1-2H3. The largest absolute Gasteiger partial charge is 0.300 e. The minimum Gasteiger partial charge on any atom is -0.300 e. The number of H-pyrrole nitrogens is 1. The second kappa shape index (κ2) is 12.9. The number of rotatable bonds is 1. The van der Waals surface area contributed by atoms with Crippen molar-refractivity contribution in [3.05, 3.63) is 58.0 Å². The Morgan fingerprint density at radius 3 is 1.43 bits per heavy atom. The maximum absolute atomic E-state index is 11.1. The van der Waals surface area contributed by atoms with Crippen molar-refractivity contribution >= 4 is 5.78 Å². The van der Waals surface area contributed by atoms with Gasteiger partial charge in [0.25, 0.3) is 5.56 Å². The van der Waals surface area contributed by atoms with Crippen LogP contribution in [0, 0.1) is 6.92 Å². The molecular weight excluding hydrogens is 264 g/mol. The highest BCUT2D eigenvalue weighted by atomic mass is 16.2. The zero-order valence-corrected chi connectivity index (χ0v) is 14.2. The van der Waals surface area contributed by atoms with Crippen LogP contribution in [0.15, 0.2) is 41.2 Å². The van der Waals surface area contributed by atoms with Gasteiger partial charge in [0.05, 0.1) is 0 Å². The van der Waals surface area contributed by atoms with Crippen LogP contribution in [0.5, 0.6) is 0 Å². The summed E-state index contributed by atoms with van der Waals surface area (Å²) in [6, 6.07) is 12.0. The average Bonchev–Trinajstić information content (AvgIpc) is 2.78. The van der Waals surface area contributed by atoms with Gasteiger partial charge in [-0.05, 0) is 13.8 Å². The second-order valence-corrected chi connectivity index (χ2v) is 3.69. The number of hydrogen-bond donors (Lipinski definition) is 1. The smallest absolute Gasteiger partial charge is 0.277 e. The van der Waals surface area contributed by atoms with Crippen molar-refractivity contribution in [2.45, 2.75) is 41.5 Å². The van der Waals surface area contributed by atoms with E-state index in [0.29, 0.717) is 5.69 Å². The summed E-state index contributed by atoms with van der Waals surface area (Å²) in [5.74, 6) is -0.190. The maximum Gasteiger partial charge on any atom is 0.277 e. The predicted molar refractivity (Wildman–Crippen MR) is 89.9 cm³/mol.